The molecule has 0 spiro atoms. The standard InChI is InChI=1S/C54H35N3O2/c1-2-12-40(13-3-1)55-45-32-26-38(36-22-28-41(29-23-36)56-47-14-4-8-18-51(47)58-52-19-9-5-15-48(52)56)34-43(45)44-35-39(27-33-46(44)55)37-24-30-42(31-25-37)57-49-16-6-10-20-53(49)59-54-21-11-7-17-50(54)57/h1-35H. The Morgan fingerprint density at radius 2 is 0.610 bits per heavy atom. The van der Waals surface area contributed by atoms with E-state index in [1.807, 2.05) is 48.5 Å². The summed E-state index contributed by atoms with van der Waals surface area (Å²) >= 11 is 0. The Labute approximate surface area is 341 Å². The normalized spacial score (nSPS) is 12.6. The van der Waals surface area contributed by atoms with E-state index in [0.717, 1.165) is 73.9 Å². The molecule has 9 aromatic carbocycles. The van der Waals surface area contributed by atoms with Crippen LogP contribution in [0.3, 0.4) is 0 Å². The van der Waals surface area contributed by atoms with Gasteiger partial charge in [0.15, 0.2) is 23.0 Å². The highest BCUT2D eigenvalue weighted by Crippen LogP contribution is 2.52. The summed E-state index contributed by atoms with van der Waals surface area (Å²) in [5.41, 5.74) is 14.4. The smallest absolute Gasteiger partial charge is 0.151 e. The van der Waals surface area contributed by atoms with Gasteiger partial charge in [-0.25, -0.2) is 0 Å². The number of hydrogen-bond donors (Lipinski definition) is 0. The fourth-order valence-electron chi connectivity index (χ4n) is 8.81. The van der Waals surface area contributed by atoms with Crippen molar-refractivity contribution in [2.75, 3.05) is 9.80 Å². The van der Waals surface area contributed by atoms with Crippen LogP contribution < -0.4 is 19.3 Å². The van der Waals surface area contributed by atoms with Crippen molar-refractivity contribution in [3.8, 4) is 50.9 Å². The van der Waals surface area contributed by atoms with Crippen LogP contribution in [-0.2, 0) is 0 Å². The Morgan fingerprint density at radius 1 is 0.271 bits per heavy atom. The SMILES string of the molecule is c1ccc(-n2c3ccc(-c4ccc(N5c6ccccc6Oc6ccccc65)cc4)cc3c3cc(-c4ccc(N5c6ccccc6Oc6ccccc65)cc4)ccc32)cc1. The van der Waals surface area contributed by atoms with Gasteiger partial charge in [-0.1, -0.05) is 103 Å². The number of fused-ring (bicyclic) bond motifs is 7. The lowest BCUT2D eigenvalue weighted by molar-refractivity contribution is 0.477. The first-order valence-corrected chi connectivity index (χ1v) is 19.9. The van der Waals surface area contributed by atoms with Gasteiger partial charge in [-0.2, -0.15) is 0 Å². The number of aromatic nitrogens is 1. The van der Waals surface area contributed by atoms with Crippen LogP contribution in [0.2, 0.25) is 0 Å². The van der Waals surface area contributed by atoms with E-state index in [9.17, 15) is 0 Å². The van der Waals surface area contributed by atoms with Gasteiger partial charge < -0.3 is 23.8 Å². The van der Waals surface area contributed by atoms with E-state index in [0.29, 0.717) is 0 Å². The third kappa shape index (κ3) is 5.40. The molecule has 0 bridgehead atoms. The van der Waals surface area contributed by atoms with E-state index in [2.05, 4.69) is 178 Å². The summed E-state index contributed by atoms with van der Waals surface area (Å²) < 4.78 is 14.9. The molecule has 5 heteroatoms. The van der Waals surface area contributed by atoms with Crippen molar-refractivity contribution in [3.05, 3.63) is 212 Å². The zero-order valence-electron chi connectivity index (χ0n) is 31.9. The number of nitrogens with zero attached hydrogens (tertiary/aromatic N) is 3. The molecule has 0 aliphatic carbocycles. The minimum Gasteiger partial charge on any atom is -0.453 e. The lowest BCUT2D eigenvalue weighted by Crippen LogP contribution is -2.15. The van der Waals surface area contributed by atoms with Crippen LogP contribution in [-0.4, -0.2) is 4.57 Å². The molecule has 0 amide bonds. The molecule has 0 saturated heterocycles. The highest BCUT2D eigenvalue weighted by atomic mass is 16.5. The van der Waals surface area contributed by atoms with E-state index in [4.69, 9.17) is 9.47 Å². The molecule has 0 fully saturated rings. The quantitative estimate of drug-likeness (QED) is 0.175. The molecule has 10 aromatic rings. The molecule has 0 saturated carbocycles. The van der Waals surface area contributed by atoms with Gasteiger partial charge in [0.05, 0.1) is 33.8 Å². The summed E-state index contributed by atoms with van der Waals surface area (Å²) in [6.45, 7) is 0. The van der Waals surface area contributed by atoms with Crippen molar-refractivity contribution in [3.63, 3.8) is 0 Å². The minimum absolute atomic E-state index is 0.847. The molecule has 1 aromatic heterocycles. The van der Waals surface area contributed by atoms with Gasteiger partial charge in [0.1, 0.15) is 0 Å². The maximum atomic E-state index is 6.27. The minimum atomic E-state index is 0.847. The van der Waals surface area contributed by atoms with Crippen LogP contribution in [0.25, 0.3) is 49.7 Å². The number of rotatable bonds is 5. The van der Waals surface area contributed by atoms with Gasteiger partial charge in [-0.15, -0.1) is 0 Å². The van der Waals surface area contributed by atoms with Crippen molar-refractivity contribution in [1.82, 2.24) is 4.57 Å². The predicted octanol–water partition coefficient (Wildman–Crippen LogP) is 15.3. The second kappa shape index (κ2) is 13.3. The molecule has 0 radical (unpaired) electrons. The van der Waals surface area contributed by atoms with Crippen molar-refractivity contribution in [1.29, 1.82) is 0 Å². The molecule has 2 aliphatic rings. The van der Waals surface area contributed by atoms with Gasteiger partial charge in [0.2, 0.25) is 0 Å². The first-order valence-electron chi connectivity index (χ1n) is 19.9. The van der Waals surface area contributed by atoms with E-state index in [1.165, 1.54) is 32.9 Å². The molecule has 0 N–H and O–H groups in total. The van der Waals surface area contributed by atoms with Crippen LogP contribution in [0, 0.1) is 0 Å². The first kappa shape index (κ1) is 33.2. The Bertz CT molecular complexity index is 2940. The maximum Gasteiger partial charge on any atom is 0.151 e. The molecule has 5 nitrogen and oxygen atoms in total. The summed E-state index contributed by atoms with van der Waals surface area (Å²) in [4.78, 5) is 4.56. The highest BCUT2D eigenvalue weighted by molar-refractivity contribution is 6.11. The first-order chi connectivity index (χ1) is 29.2. The average Bonchev–Trinajstić information content (AvgIpc) is 3.63. The second-order valence-electron chi connectivity index (χ2n) is 15.0. The lowest BCUT2D eigenvalue weighted by Gasteiger charge is -2.32. The van der Waals surface area contributed by atoms with Gasteiger partial charge >= 0.3 is 0 Å². The maximum absolute atomic E-state index is 6.27. The Balaban J connectivity index is 0.941. The summed E-state index contributed by atoms with van der Waals surface area (Å²) in [5, 5.41) is 2.42. The van der Waals surface area contributed by atoms with Crippen LogP contribution in [0.4, 0.5) is 34.1 Å². The van der Waals surface area contributed by atoms with Crippen molar-refractivity contribution >= 4 is 55.9 Å². The fourth-order valence-corrected chi connectivity index (χ4v) is 8.81. The second-order valence-corrected chi connectivity index (χ2v) is 15.0. The van der Waals surface area contributed by atoms with E-state index < -0.39 is 0 Å². The van der Waals surface area contributed by atoms with E-state index in [-0.39, 0.29) is 0 Å². The Hall–Kier alpha value is -8.02. The van der Waals surface area contributed by atoms with Gasteiger partial charge in [0.25, 0.3) is 0 Å². The number of ether oxygens (including phenoxy) is 2. The van der Waals surface area contributed by atoms with E-state index in [1.54, 1.807) is 0 Å². The van der Waals surface area contributed by atoms with Crippen molar-refractivity contribution in [2.24, 2.45) is 0 Å². The Morgan fingerprint density at radius 3 is 1.00 bits per heavy atom. The molecule has 3 heterocycles. The number of para-hydroxylation sites is 9. The number of hydrogen-bond acceptors (Lipinski definition) is 4. The molecular formula is C54H35N3O2. The summed E-state index contributed by atoms with van der Waals surface area (Å²) in [7, 11) is 0. The van der Waals surface area contributed by atoms with Crippen LogP contribution in [0.1, 0.15) is 0 Å². The van der Waals surface area contributed by atoms with E-state index >= 15 is 0 Å². The molecule has 2 aliphatic heterocycles. The third-order valence-corrected chi connectivity index (χ3v) is 11.6. The number of benzene rings is 9. The predicted molar refractivity (Wildman–Crippen MR) is 241 cm³/mol. The summed E-state index contributed by atoms with van der Waals surface area (Å²) in [5.74, 6) is 3.39. The summed E-state index contributed by atoms with van der Waals surface area (Å²) in [6, 6.07) is 75.0. The topological polar surface area (TPSA) is 29.9 Å². The largest absolute Gasteiger partial charge is 0.453 e. The molecule has 0 unspecified atom stereocenters. The lowest BCUT2D eigenvalue weighted by atomic mass is 9.99. The highest BCUT2D eigenvalue weighted by Gasteiger charge is 2.27. The zero-order chi connectivity index (χ0) is 38.9. The molecular weight excluding hydrogens is 723 g/mol. The fraction of sp³-hybridized carbons (Fsp3) is 0. The van der Waals surface area contributed by atoms with Crippen molar-refractivity contribution < 1.29 is 9.47 Å². The van der Waals surface area contributed by atoms with Crippen LogP contribution in [0.5, 0.6) is 23.0 Å². The van der Waals surface area contributed by atoms with Gasteiger partial charge in [0, 0.05) is 27.8 Å². The monoisotopic (exact) mass is 757 g/mol. The molecule has 0 atom stereocenters. The average molecular weight is 758 g/mol. The number of anilines is 6. The summed E-state index contributed by atoms with van der Waals surface area (Å²) in [6.07, 6.45) is 0. The molecule has 59 heavy (non-hydrogen) atoms. The van der Waals surface area contributed by atoms with Crippen LogP contribution >= 0.6 is 0 Å². The van der Waals surface area contributed by atoms with Gasteiger partial charge in [-0.3, -0.25) is 0 Å². The van der Waals surface area contributed by atoms with Crippen molar-refractivity contribution in [2.45, 2.75) is 0 Å². The zero-order valence-corrected chi connectivity index (χ0v) is 31.9. The molecule has 12 rings (SSSR count). The van der Waals surface area contributed by atoms with Crippen LogP contribution in [0.15, 0.2) is 212 Å². The molecule has 278 valence electrons. The third-order valence-electron chi connectivity index (χ3n) is 11.6. The van der Waals surface area contributed by atoms with Gasteiger partial charge in [-0.05, 0) is 131 Å². The Kier molecular flexibility index (Phi) is 7.47.